The van der Waals surface area contributed by atoms with Crippen molar-refractivity contribution in [2.24, 2.45) is 5.14 Å². The van der Waals surface area contributed by atoms with Crippen LogP contribution in [0, 0.1) is 0 Å². The van der Waals surface area contributed by atoms with Gasteiger partial charge in [-0.25, -0.2) is 13.6 Å². The van der Waals surface area contributed by atoms with E-state index in [4.69, 9.17) is 9.66 Å². The van der Waals surface area contributed by atoms with Crippen LogP contribution in [0.5, 0.6) is 0 Å². The number of rotatable bonds is 4. The Bertz CT molecular complexity index is 769. The molecular weight excluding hydrogens is 292 g/mol. The second-order valence-corrected chi connectivity index (χ2v) is 6.53. The lowest BCUT2D eigenvalue weighted by Crippen LogP contribution is -2.20. The Labute approximate surface area is 122 Å². The molecule has 0 saturated heterocycles. The normalized spacial score (nSPS) is 14.5. The Morgan fingerprint density at radius 2 is 2.24 bits per heavy atom. The highest BCUT2D eigenvalue weighted by molar-refractivity contribution is 7.89. The van der Waals surface area contributed by atoms with E-state index in [2.05, 4.69) is 15.0 Å². The van der Waals surface area contributed by atoms with Crippen LogP contribution in [0.15, 0.2) is 27.6 Å². The average molecular weight is 308 g/mol. The third-order valence-corrected chi connectivity index (χ3v) is 4.43. The molecule has 0 bridgehead atoms. The van der Waals surface area contributed by atoms with E-state index in [1.807, 2.05) is 6.92 Å². The molecule has 2 aromatic rings. The van der Waals surface area contributed by atoms with Crippen LogP contribution in [0.2, 0.25) is 0 Å². The minimum absolute atomic E-state index is 0.147. The predicted octanol–water partition coefficient (Wildman–Crippen LogP) is 0.842. The average Bonchev–Trinajstić information content (AvgIpc) is 3.05. The van der Waals surface area contributed by atoms with Gasteiger partial charge in [-0.3, -0.25) is 0 Å². The molecule has 0 aliphatic carbocycles. The maximum absolute atomic E-state index is 11.4. The number of fused-ring (bicyclic) bond motifs is 1. The van der Waals surface area contributed by atoms with Gasteiger partial charge < -0.3 is 9.42 Å². The van der Waals surface area contributed by atoms with E-state index in [1.165, 1.54) is 6.07 Å². The Kier molecular flexibility index (Phi) is 3.42. The number of nitrogens with two attached hydrogens (primary N) is 1. The fourth-order valence-electron chi connectivity index (χ4n) is 2.45. The van der Waals surface area contributed by atoms with Gasteiger partial charge in [0.05, 0.1) is 11.4 Å². The van der Waals surface area contributed by atoms with Gasteiger partial charge in [0.15, 0.2) is 5.82 Å². The molecule has 112 valence electrons. The number of hydrogen-bond donors (Lipinski definition) is 1. The highest BCUT2D eigenvalue weighted by atomic mass is 32.2. The van der Waals surface area contributed by atoms with Crippen LogP contribution < -0.4 is 10.0 Å². The lowest BCUT2D eigenvalue weighted by atomic mass is 10.2. The number of aryl methyl sites for hydroxylation is 1. The van der Waals surface area contributed by atoms with Crippen molar-refractivity contribution in [2.45, 2.75) is 31.2 Å². The minimum Gasteiger partial charge on any atom is -0.362 e. The van der Waals surface area contributed by atoms with E-state index < -0.39 is 10.0 Å². The van der Waals surface area contributed by atoms with Gasteiger partial charge >= 0.3 is 0 Å². The maximum atomic E-state index is 11.4. The molecule has 1 aromatic carbocycles. The van der Waals surface area contributed by atoms with E-state index in [0.717, 1.165) is 30.6 Å². The third kappa shape index (κ3) is 2.77. The quantitative estimate of drug-likeness (QED) is 0.898. The molecule has 2 N–H and O–H groups in total. The van der Waals surface area contributed by atoms with Crippen LogP contribution in [0.1, 0.15) is 24.2 Å². The van der Waals surface area contributed by atoms with E-state index in [0.29, 0.717) is 18.3 Å². The van der Waals surface area contributed by atoms with Gasteiger partial charge in [-0.2, -0.15) is 4.98 Å². The van der Waals surface area contributed by atoms with Gasteiger partial charge in [-0.15, -0.1) is 0 Å². The molecule has 0 saturated carbocycles. The summed E-state index contributed by atoms with van der Waals surface area (Å²) in [6, 6.07) is 4.94. The van der Waals surface area contributed by atoms with Crippen LogP contribution in [0.25, 0.3) is 0 Å². The molecule has 21 heavy (non-hydrogen) atoms. The number of benzene rings is 1. The molecule has 7 nitrogen and oxygen atoms in total. The Morgan fingerprint density at radius 1 is 1.43 bits per heavy atom. The Hall–Kier alpha value is -1.93. The van der Waals surface area contributed by atoms with Gasteiger partial charge in [0, 0.05) is 18.7 Å². The second kappa shape index (κ2) is 5.12. The first-order valence-corrected chi connectivity index (χ1v) is 8.24. The van der Waals surface area contributed by atoms with Crippen LogP contribution in [-0.2, 0) is 29.4 Å². The van der Waals surface area contributed by atoms with E-state index in [1.54, 1.807) is 12.1 Å². The van der Waals surface area contributed by atoms with Crippen molar-refractivity contribution >= 4 is 15.7 Å². The fraction of sp³-hybridized carbons (Fsp3) is 0.385. The highest BCUT2D eigenvalue weighted by Gasteiger charge is 2.23. The van der Waals surface area contributed by atoms with Crippen molar-refractivity contribution in [1.82, 2.24) is 10.1 Å². The zero-order valence-electron chi connectivity index (χ0n) is 11.6. The highest BCUT2D eigenvalue weighted by Crippen LogP contribution is 2.30. The van der Waals surface area contributed by atoms with Crippen molar-refractivity contribution in [3.8, 4) is 0 Å². The lowest BCUT2D eigenvalue weighted by Gasteiger charge is -2.16. The van der Waals surface area contributed by atoms with E-state index >= 15 is 0 Å². The first kappa shape index (κ1) is 14.0. The van der Waals surface area contributed by atoms with Gasteiger partial charge in [-0.1, -0.05) is 12.1 Å². The SMILES string of the molecule is CCc1noc(CN2CCc3cc(S(N)(=O)=O)ccc32)n1. The summed E-state index contributed by atoms with van der Waals surface area (Å²) in [5, 5.41) is 9.02. The zero-order valence-corrected chi connectivity index (χ0v) is 12.4. The van der Waals surface area contributed by atoms with Crippen molar-refractivity contribution in [3.05, 3.63) is 35.5 Å². The lowest BCUT2D eigenvalue weighted by molar-refractivity contribution is 0.372. The Balaban J connectivity index is 1.84. The summed E-state index contributed by atoms with van der Waals surface area (Å²) in [5.74, 6) is 1.25. The first-order chi connectivity index (χ1) is 9.97. The number of nitrogens with zero attached hydrogens (tertiary/aromatic N) is 3. The van der Waals surface area contributed by atoms with Crippen molar-refractivity contribution in [2.75, 3.05) is 11.4 Å². The van der Waals surface area contributed by atoms with Gasteiger partial charge in [0.25, 0.3) is 0 Å². The molecule has 8 heteroatoms. The molecule has 0 unspecified atom stereocenters. The van der Waals surface area contributed by atoms with E-state index in [-0.39, 0.29) is 4.90 Å². The zero-order chi connectivity index (χ0) is 15.0. The van der Waals surface area contributed by atoms with E-state index in [9.17, 15) is 8.42 Å². The predicted molar refractivity (Wildman–Crippen MR) is 76.2 cm³/mol. The fourth-order valence-corrected chi connectivity index (χ4v) is 3.01. The largest absolute Gasteiger partial charge is 0.362 e. The summed E-state index contributed by atoms with van der Waals surface area (Å²) in [5.41, 5.74) is 1.95. The molecule has 2 heterocycles. The molecule has 3 rings (SSSR count). The number of anilines is 1. The molecule has 0 atom stereocenters. The van der Waals surface area contributed by atoms with Crippen molar-refractivity contribution in [3.63, 3.8) is 0 Å². The molecule has 0 fully saturated rings. The van der Waals surface area contributed by atoms with Crippen LogP contribution >= 0.6 is 0 Å². The van der Waals surface area contributed by atoms with Crippen molar-refractivity contribution < 1.29 is 12.9 Å². The van der Waals surface area contributed by atoms with Gasteiger partial charge in [-0.05, 0) is 30.2 Å². The molecule has 1 aromatic heterocycles. The molecular formula is C13H16N4O3S. The third-order valence-electron chi connectivity index (χ3n) is 3.52. The molecule has 1 aliphatic heterocycles. The van der Waals surface area contributed by atoms with Gasteiger partial charge in [0.2, 0.25) is 15.9 Å². The summed E-state index contributed by atoms with van der Waals surface area (Å²) in [7, 11) is -3.66. The first-order valence-electron chi connectivity index (χ1n) is 6.69. The van der Waals surface area contributed by atoms with Gasteiger partial charge in [0.1, 0.15) is 0 Å². The van der Waals surface area contributed by atoms with Crippen LogP contribution in [0.4, 0.5) is 5.69 Å². The summed E-state index contributed by atoms with van der Waals surface area (Å²) in [4.78, 5) is 6.53. The summed E-state index contributed by atoms with van der Waals surface area (Å²) in [6.07, 6.45) is 1.51. The molecule has 0 amide bonds. The monoisotopic (exact) mass is 308 g/mol. The summed E-state index contributed by atoms with van der Waals surface area (Å²) >= 11 is 0. The number of primary sulfonamides is 1. The van der Waals surface area contributed by atoms with Crippen LogP contribution in [-0.4, -0.2) is 25.1 Å². The smallest absolute Gasteiger partial charge is 0.246 e. The standard InChI is InChI=1S/C13H16N4O3S/c1-2-12-15-13(20-16-12)8-17-6-5-9-7-10(21(14,18)19)3-4-11(9)17/h3-4,7H,2,5-6,8H2,1H3,(H2,14,18,19). The maximum Gasteiger partial charge on any atom is 0.246 e. The second-order valence-electron chi connectivity index (χ2n) is 4.96. The topological polar surface area (TPSA) is 102 Å². The molecule has 0 spiro atoms. The van der Waals surface area contributed by atoms with Crippen LogP contribution in [0.3, 0.4) is 0 Å². The molecule has 1 aliphatic rings. The summed E-state index contributed by atoms with van der Waals surface area (Å²) < 4.78 is 27.9. The number of sulfonamides is 1. The minimum atomic E-state index is -3.66. The molecule has 0 radical (unpaired) electrons. The number of hydrogen-bond acceptors (Lipinski definition) is 6. The van der Waals surface area contributed by atoms with Crippen molar-refractivity contribution in [1.29, 1.82) is 0 Å². The number of aromatic nitrogens is 2. The summed E-state index contributed by atoms with van der Waals surface area (Å²) in [6.45, 7) is 3.27. The Morgan fingerprint density at radius 3 is 2.90 bits per heavy atom.